The molecular formula is C21H21N3O5S2. The number of imide groups is 1. The van der Waals surface area contributed by atoms with Crippen molar-refractivity contribution in [3.8, 4) is 0 Å². The van der Waals surface area contributed by atoms with Gasteiger partial charge in [0, 0.05) is 32.7 Å². The van der Waals surface area contributed by atoms with Crippen molar-refractivity contribution in [2.45, 2.75) is 4.90 Å². The van der Waals surface area contributed by atoms with Gasteiger partial charge in [-0.05, 0) is 47.7 Å². The molecule has 1 aliphatic rings. The van der Waals surface area contributed by atoms with Crippen LogP contribution in [0.2, 0.25) is 0 Å². The zero-order valence-electron chi connectivity index (χ0n) is 16.9. The van der Waals surface area contributed by atoms with Crippen LogP contribution in [0.1, 0.15) is 15.9 Å². The second kappa shape index (κ2) is 9.46. The lowest BCUT2D eigenvalue weighted by molar-refractivity contribution is -0.122. The van der Waals surface area contributed by atoms with Gasteiger partial charge in [0.15, 0.2) is 0 Å². The highest BCUT2D eigenvalue weighted by Gasteiger charge is 2.34. The molecule has 0 unspecified atom stereocenters. The molecule has 162 valence electrons. The van der Waals surface area contributed by atoms with E-state index in [1.165, 1.54) is 38.4 Å². The predicted octanol–water partition coefficient (Wildman–Crippen LogP) is 2.40. The molecule has 1 heterocycles. The van der Waals surface area contributed by atoms with Gasteiger partial charge in [-0.1, -0.05) is 30.3 Å². The van der Waals surface area contributed by atoms with Crippen molar-refractivity contribution in [1.29, 1.82) is 0 Å². The number of sulfonamides is 1. The van der Waals surface area contributed by atoms with Crippen molar-refractivity contribution in [1.82, 2.24) is 14.5 Å². The zero-order chi connectivity index (χ0) is 22.6. The Morgan fingerprint density at radius 3 is 2.32 bits per heavy atom. The summed E-state index contributed by atoms with van der Waals surface area (Å²) in [6.45, 7) is 0.114. The maximum absolute atomic E-state index is 12.5. The molecule has 0 spiro atoms. The largest absolute Gasteiger partial charge is 0.350 e. The minimum atomic E-state index is -3.58. The van der Waals surface area contributed by atoms with Gasteiger partial charge in [0.05, 0.1) is 9.80 Å². The molecule has 8 nitrogen and oxygen atoms in total. The van der Waals surface area contributed by atoms with E-state index in [1.54, 1.807) is 6.08 Å². The van der Waals surface area contributed by atoms with E-state index in [0.717, 1.165) is 26.5 Å². The Morgan fingerprint density at radius 1 is 1.06 bits per heavy atom. The number of amides is 3. The summed E-state index contributed by atoms with van der Waals surface area (Å²) in [6, 6.07) is 14.8. The van der Waals surface area contributed by atoms with E-state index < -0.39 is 21.8 Å². The number of carbonyl (C=O) groups excluding carboxylic acids is 3. The summed E-state index contributed by atoms with van der Waals surface area (Å²) in [5, 5.41) is 2.25. The topological polar surface area (TPSA) is 104 Å². The summed E-state index contributed by atoms with van der Waals surface area (Å²) in [5.74, 6) is -0.827. The van der Waals surface area contributed by atoms with Crippen LogP contribution < -0.4 is 5.32 Å². The summed E-state index contributed by atoms with van der Waals surface area (Å²) >= 11 is 0.863. The third-order valence-electron chi connectivity index (χ3n) is 4.49. The van der Waals surface area contributed by atoms with Gasteiger partial charge >= 0.3 is 0 Å². The first-order chi connectivity index (χ1) is 14.7. The average Bonchev–Trinajstić information content (AvgIpc) is 3.01. The molecule has 2 aromatic carbocycles. The van der Waals surface area contributed by atoms with Crippen molar-refractivity contribution in [2.24, 2.45) is 0 Å². The highest BCUT2D eigenvalue weighted by atomic mass is 32.2. The fourth-order valence-electron chi connectivity index (χ4n) is 2.77. The van der Waals surface area contributed by atoms with Crippen LogP contribution in [0.3, 0.4) is 0 Å². The summed E-state index contributed by atoms with van der Waals surface area (Å²) in [7, 11) is -0.723. The monoisotopic (exact) mass is 459 g/mol. The van der Waals surface area contributed by atoms with Gasteiger partial charge < -0.3 is 5.32 Å². The van der Waals surface area contributed by atoms with Gasteiger partial charge in [-0.15, -0.1) is 0 Å². The highest BCUT2D eigenvalue weighted by molar-refractivity contribution is 8.18. The summed E-state index contributed by atoms with van der Waals surface area (Å²) < 4.78 is 25.3. The van der Waals surface area contributed by atoms with E-state index in [4.69, 9.17) is 0 Å². The Labute approximate surface area is 185 Å². The fourth-order valence-corrected chi connectivity index (χ4v) is 4.53. The van der Waals surface area contributed by atoms with Crippen LogP contribution in [-0.2, 0) is 14.8 Å². The molecule has 0 saturated carbocycles. The third kappa shape index (κ3) is 5.22. The standard InChI is InChI=1S/C21H21N3O5S2/c1-23(2)31(28,29)17-10-8-16(9-11-17)19(25)22-12-13-24-20(26)18(30-21(24)27)14-15-6-4-3-5-7-15/h3-11,14H,12-13H2,1-2H3,(H,22,25)/b18-14-. The quantitative estimate of drug-likeness (QED) is 0.638. The number of benzene rings is 2. The number of carbonyl (C=O) groups is 3. The number of hydrogen-bond donors (Lipinski definition) is 1. The van der Waals surface area contributed by atoms with Crippen LogP contribution in [0.4, 0.5) is 4.79 Å². The Hall–Kier alpha value is -2.95. The SMILES string of the molecule is CN(C)S(=O)(=O)c1ccc(C(=O)NCCN2C(=O)S/C(=C\c3ccccc3)C2=O)cc1. The van der Waals surface area contributed by atoms with Gasteiger partial charge in [-0.2, -0.15) is 0 Å². The van der Waals surface area contributed by atoms with Crippen LogP contribution in [0, 0.1) is 0 Å². The van der Waals surface area contributed by atoms with Crippen molar-refractivity contribution in [3.63, 3.8) is 0 Å². The fraction of sp³-hybridized carbons (Fsp3) is 0.190. The highest BCUT2D eigenvalue weighted by Crippen LogP contribution is 2.31. The number of nitrogens with one attached hydrogen (secondary N) is 1. The van der Waals surface area contributed by atoms with Gasteiger partial charge in [-0.25, -0.2) is 12.7 Å². The molecule has 1 saturated heterocycles. The van der Waals surface area contributed by atoms with Crippen molar-refractivity contribution >= 4 is 44.9 Å². The molecule has 0 atom stereocenters. The van der Waals surface area contributed by atoms with E-state index >= 15 is 0 Å². The molecule has 1 N–H and O–H groups in total. The Kier molecular flexibility index (Phi) is 6.94. The lowest BCUT2D eigenvalue weighted by Gasteiger charge is -2.13. The summed E-state index contributed by atoms with van der Waals surface area (Å²) in [5.41, 5.74) is 1.09. The molecule has 0 aliphatic carbocycles. The van der Waals surface area contributed by atoms with Crippen molar-refractivity contribution < 1.29 is 22.8 Å². The molecule has 1 fully saturated rings. The zero-order valence-corrected chi connectivity index (χ0v) is 18.6. The molecule has 1 aliphatic heterocycles. The van der Waals surface area contributed by atoms with E-state index in [0.29, 0.717) is 4.91 Å². The lowest BCUT2D eigenvalue weighted by atomic mass is 10.2. The molecule has 31 heavy (non-hydrogen) atoms. The smallest absolute Gasteiger partial charge is 0.293 e. The molecule has 3 amide bonds. The number of hydrogen-bond acceptors (Lipinski definition) is 6. The second-order valence-electron chi connectivity index (χ2n) is 6.81. The maximum Gasteiger partial charge on any atom is 0.293 e. The number of thioether (sulfide) groups is 1. The molecule has 0 aromatic heterocycles. The van der Waals surface area contributed by atoms with E-state index in [9.17, 15) is 22.8 Å². The summed E-state index contributed by atoms with van der Waals surface area (Å²) in [4.78, 5) is 38.5. The molecule has 0 radical (unpaired) electrons. The van der Waals surface area contributed by atoms with Crippen LogP contribution in [0.25, 0.3) is 6.08 Å². The van der Waals surface area contributed by atoms with Gasteiger partial charge in [0.2, 0.25) is 10.0 Å². The minimum absolute atomic E-state index is 0.0373. The first-order valence-electron chi connectivity index (χ1n) is 9.31. The molecule has 2 aromatic rings. The molecule has 3 rings (SSSR count). The number of rotatable bonds is 7. The lowest BCUT2D eigenvalue weighted by Crippen LogP contribution is -2.37. The first-order valence-corrected chi connectivity index (χ1v) is 11.6. The van der Waals surface area contributed by atoms with E-state index in [2.05, 4.69) is 5.32 Å². The Morgan fingerprint density at radius 2 is 1.71 bits per heavy atom. The predicted molar refractivity (Wildman–Crippen MR) is 119 cm³/mol. The first kappa shape index (κ1) is 22.7. The summed E-state index contributed by atoms with van der Waals surface area (Å²) in [6.07, 6.45) is 1.66. The minimum Gasteiger partial charge on any atom is -0.350 e. The van der Waals surface area contributed by atoms with Crippen molar-refractivity contribution in [3.05, 3.63) is 70.6 Å². The molecule has 0 bridgehead atoms. The van der Waals surface area contributed by atoms with Gasteiger partial charge in [0.1, 0.15) is 0 Å². The van der Waals surface area contributed by atoms with E-state index in [-0.39, 0.29) is 28.8 Å². The maximum atomic E-state index is 12.5. The molecular weight excluding hydrogens is 438 g/mol. The van der Waals surface area contributed by atoms with Gasteiger partial charge in [-0.3, -0.25) is 19.3 Å². The van der Waals surface area contributed by atoms with Crippen LogP contribution >= 0.6 is 11.8 Å². The van der Waals surface area contributed by atoms with Crippen LogP contribution in [-0.4, -0.2) is 61.9 Å². The Balaban J connectivity index is 1.57. The number of nitrogens with zero attached hydrogens (tertiary/aromatic N) is 2. The normalized spacial score (nSPS) is 15.7. The Bertz CT molecular complexity index is 1130. The van der Waals surface area contributed by atoms with E-state index in [1.807, 2.05) is 30.3 Å². The molecule has 10 heteroatoms. The van der Waals surface area contributed by atoms with Crippen molar-refractivity contribution in [2.75, 3.05) is 27.2 Å². The average molecular weight is 460 g/mol. The van der Waals surface area contributed by atoms with Gasteiger partial charge in [0.25, 0.3) is 17.1 Å². The second-order valence-corrected chi connectivity index (χ2v) is 9.96. The third-order valence-corrected chi connectivity index (χ3v) is 7.22. The van der Waals surface area contributed by atoms with Crippen LogP contribution in [0.5, 0.6) is 0 Å². The van der Waals surface area contributed by atoms with Crippen LogP contribution in [0.15, 0.2) is 64.4 Å².